The Balaban J connectivity index is 1.65. The molecule has 0 spiro atoms. The minimum absolute atomic E-state index is 0.164. The van der Waals surface area contributed by atoms with Gasteiger partial charge >= 0.3 is 0 Å². The van der Waals surface area contributed by atoms with Gasteiger partial charge in [-0.25, -0.2) is 9.97 Å². The molecule has 0 aromatic carbocycles. The van der Waals surface area contributed by atoms with E-state index in [0.29, 0.717) is 23.1 Å². The van der Waals surface area contributed by atoms with Crippen LogP contribution in [-0.2, 0) is 0 Å². The summed E-state index contributed by atoms with van der Waals surface area (Å²) in [7, 11) is 0. The summed E-state index contributed by atoms with van der Waals surface area (Å²) < 4.78 is 0. The Bertz CT molecular complexity index is 523. The number of nitrogens with zero attached hydrogens (tertiary/aromatic N) is 2. The maximum Gasteiger partial charge on any atom is 0.272 e. The summed E-state index contributed by atoms with van der Waals surface area (Å²) in [5.74, 6) is 2.99. The molecule has 0 saturated heterocycles. The second kappa shape index (κ2) is 5.62. The topological polar surface area (TPSA) is 80.9 Å². The summed E-state index contributed by atoms with van der Waals surface area (Å²) in [5.41, 5.74) is 6.53. The number of rotatable bonds is 6. The second-order valence-electron chi connectivity index (χ2n) is 6.74. The van der Waals surface area contributed by atoms with E-state index >= 15 is 0 Å². The molecule has 2 aliphatic carbocycles. The highest BCUT2D eigenvalue weighted by Crippen LogP contribution is 2.48. The van der Waals surface area contributed by atoms with E-state index in [4.69, 9.17) is 5.73 Å². The van der Waals surface area contributed by atoms with Gasteiger partial charge in [0.2, 0.25) is 0 Å². The van der Waals surface area contributed by atoms with Crippen molar-refractivity contribution in [2.24, 2.45) is 17.8 Å². The van der Waals surface area contributed by atoms with Crippen molar-refractivity contribution in [3.8, 4) is 0 Å². The van der Waals surface area contributed by atoms with E-state index in [1.165, 1.54) is 31.9 Å². The zero-order chi connectivity index (χ0) is 15.0. The lowest BCUT2D eigenvalue weighted by atomic mass is 9.98. The van der Waals surface area contributed by atoms with Crippen molar-refractivity contribution < 1.29 is 4.79 Å². The Morgan fingerprint density at radius 2 is 1.95 bits per heavy atom. The smallest absolute Gasteiger partial charge is 0.272 e. The van der Waals surface area contributed by atoms with Crippen LogP contribution in [0.3, 0.4) is 0 Å². The highest BCUT2D eigenvalue weighted by atomic mass is 16.1. The molecular weight excluding hydrogens is 264 g/mol. The number of carbonyl (C=O) groups excluding carboxylic acids is 1. The van der Waals surface area contributed by atoms with Crippen LogP contribution in [0.15, 0.2) is 6.20 Å². The molecule has 0 atom stereocenters. The van der Waals surface area contributed by atoms with Crippen molar-refractivity contribution in [3.63, 3.8) is 0 Å². The third-order valence-electron chi connectivity index (χ3n) is 4.52. The van der Waals surface area contributed by atoms with Crippen molar-refractivity contribution >= 4 is 11.6 Å². The first kappa shape index (κ1) is 14.3. The van der Waals surface area contributed by atoms with Gasteiger partial charge in [0, 0.05) is 12.5 Å². The normalized spacial score (nSPS) is 18.3. The van der Waals surface area contributed by atoms with Crippen LogP contribution < -0.4 is 11.1 Å². The largest absolute Gasteiger partial charge is 0.396 e. The van der Waals surface area contributed by atoms with Crippen LogP contribution in [0.2, 0.25) is 0 Å². The van der Waals surface area contributed by atoms with Crippen LogP contribution in [0.1, 0.15) is 61.8 Å². The van der Waals surface area contributed by atoms with Gasteiger partial charge in [-0.15, -0.1) is 0 Å². The van der Waals surface area contributed by atoms with E-state index in [1.807, 2.05) is 13.8 Å². The molecule has 2 aliphatic rings. The summed E-state index contributed by atoms with van der Waals surface area (Å²) in [5, 5.41) is 3.04. The summed E-state index contributed by atoms with van der Waals surface area (Å²) >= 11 is 0. The second-order valence-corrected chi connectivity index (χ2v) is 6.74. The zero-order valence-electron chi connectivity index (χ0n) is 12.8. The fourth-order valence-electron chi connectivity index (χ4n) is 2.93. The first-order valence-corrected chi connectivity index (χ1v) is 7.97. The monoisotopic (exact) mass is 288 g/mol. The maximum atomic E-state index is 12.3. The predicted octanol–water partition coefficient (Wildman–Crippen LogP) is 2.35. The number of hydrogen-bond acceptors (Lipinski definition) is 4. The van der Waals surface area contributed by atoms with Gasteiger partial charge in [-0.1, -0.05) is 13.8 Å². The molecule has 0 bridgehead atoms. The molecule has 5 heteroatoms. The van der Waals surface area contributed by atoms with E-state index in [-0.39, 0.29) is 11.8 Å². The van der Waals surface area contributed by atoms with E-state index < -0.39 is 0 Å². The van der Waals surface area contributed by atoms with Crippen molar-refractivity contribution in [2.75, 3.05) is 12.3 Å². The van der Waals surface area contributed by atoms with Crippen molar-refractivity contribution in [2.45, 2.75) is 45.4 Å². The highest BCUT2D eigenvalue weighted by Gasteiger charge is 2.41. The quantitative estimate of drug-likeness (QED) is 0.842. The van der Waals surface area contributed by atoms with Crippen LogP contribution in [0, 0.1) is 17.8 Å². The highest BCUT2D eigenvalue weighted by molar-refractivity contribution is 5.96. The lowest BCUT2D eigenvalue weighted by molar-refractivity contribution is 0.0939. The number of nitrogens with two attached hydrogens (primary N) is 1. The van der Waals surface area contributed by atoms with E-state index in [0.717, 1.165) is 18.4 Å². The number of carbonyl (C=O) groups is 1. The predicted molar refractivity (Wildman–Crippen MR) is 81.8 cm³/mol. The summed E-state index contributed by atoms with van der Waals surface area (Å²) in [4.78, 5) is 20.8. The summed E-state index contributed by atoms with van der Waals surface area (Å²) in [6.45, 7) is 4.77. The molecule has 2 saturated carbocycles. The van der Waals surface area contributed by atoms with E-state index in [1.54, 1.807) is 0 Å². The van der Waals surface area contributed by atoms with Gasteiger partial charge in [-0.3, -0.25) is 4.79 Å². The first-order valence-electron chi connectivity index (χ1n) is 7.97. The molecule has 1 aromatic heterocycles. The molecule has 5 nitrogen and oxygen atoms in total. The van der Waals surface area contributed by atoms with Crippen molar-refractivity contribution in [1.29, 1.82) is 0 Å². The average molecular weight is 288 g/mol. The SMILES string of the molecule is CC(C)c1ncc(N)c(C(=O)NCC(C2CC2)C2CC2)n1. The van der Waals surface area contributed by atoms with Gasteiger partial charge in [0.15, 0.2) is 5.69 Å². The molecule has 114 valence electrons. The van der Waals surface area contributed by atoms with Gasteiger partial charge in [0.05, 0.1) is 11.9 Å². The van der Waals surface area contributed by atoms with Gasteiger partial charge in [0.25, 0.3) is 5.91 Å². The molecule has 3 rings (SSSR count). The van der Waals surface area contributed by atoms with E-state index in [2.05, 4.69) is 15.3 Å². The molecule has 1 aromatic rings. The standard InChI is InChI=1S/C16H24N4O/c1-9(2)15-18-8-13(17)14(20-15)16(21)19-7-12(10-3-4-10)11-5-6-11/h8-12H,3-7,17H2,1-2H3,(H,19,21). The van der Waals surface area contributed by atoms with E-state index in [9.17, 15) is 4.79 Å². The van der Waals surface area contributed by atoms with Gasteiger partial charge in [0.1, 0.15) is 5.82 Å². The number of aromatic nitrogens is 2. The Hall–Kier alpha value is -1.65. The molecule has 3 N–H and O–H groups in total. The van der Waals surface area contributed by atoms with Crippen LogP contribution >= 0.6 is 0 Å². The number of nitrogens with one attached hydrogen (secondary N) is 1. The number of hydrogen-bond donors (Lipinski definition) is 2. The van der Waals surface area contributed by atoms with Crippen LogP contribution in [0.25, 0.3) is 0 Å². The zero-order valence-corrected chi connectivity index (χ0v) is 12.8. The lowest BCUT2D eigenvalue weighted by Gasteiger charge is -2.16. The third kappa shape index (κ3) is 3.34. The van der Waals surface area contributed by atoms with Crippen molar-refractivity contribution in [3.05, 3.63) is 17.7 Å². The molecule has 1 amide bonds. The fourth-order valence-corrected chi connectivity index (χ4v) is 2.93. The third-order valence-corrected chi connectivity index (χ3v) is 4.52. The molecule has 1 heterocycles. The Morgan fingerprint density at radius 3 is 2.48 bits per heavy atom. The van der Waals surface area contributed by atoms with Gasteiger partial charge in [-0.05, 0) is 43.4 Å². The minimum Gasteiger partial charge on any atom is -0.396 e. The molecule has 0 radical (unpaired) electrons. The maximum absolute atomic E-state index is 12.3. The molecular formula is C16H24N4O. The Labute approximate surface area is 125 Å². The van der Waals surface area contributed by atoms with Crippen LogP contribution in [0.4, 0.5) is 5.69 Å². The average Bonchev–Trinajstić information content (AvgIpc) is 3.32. The Kier molecular flexibility index (Phi) is 3.83. The Morgan fingerprint density at radius 1 is 1.33 bits per heavy atom. The molecule has 0 aliphatic heterocycles. The van der Waals surface area contributed by atoms with Gasteiger partial charge in [-0.2, -0.15) is 0 Å². The molecule has 2 fully saturated rings. The van der Waals surface area contributed by atoms with Crippen LogP contribution in [0.5, 0.6) is 0 Å². The summed E-state index contributed by atoms with van der Waals surface area (Å²) in [6, 6.07) is 0. The number of nitrogen functional groups attached to an aromatic ring is 1. The number of amides is 1. The first-order chi connectivity index (χ1) is 10.1. The number of anilines is 1. The van der Waals surface area contributed by atoms with Gasteiger partial charge < -0.3 is 11.1 Å². The molecule has 21 heavy (non-hydrogen) atoms. The lowest BCUT2D eigenvalue weighted by Crippen LogP contribution is -2.32. The minimum atomic E-state index is -0.164. The molecule has 0 unspecified atom stereocenters. The van der Waals surface area contributed by atoms with Crippen LogP contribution in [-0.4, -0.2) is 22.4 Å². The fraction of sp³-hybridized carbons (Fsp3) is 0.688. The van der Waals surface area contributed by atoms with Crippen molar-refractivity contribution in [1.82, 2.24) is 15.3 Å². The summed E-state index contributed by atoms with van der Waals surface area (Å²) in [6.07, 6.45) is 6.83.